The zero-order valence-corrected chi connectivity index (χ0v) is 10.2. The van der Waals surface area contributed by atoms with Crippen LogP contribution in [0.1, 0.15) is 29.1 Å². The second kappa shape index (κ2) is 5.14. The van der Waals surface area contributed by atoms with Crippen LogP contribution in [0.2, 0.25) is 5.02 Å². The second-order valence-corrected chi connectivity index (χ2v) is 4.10. The molecule has 5 nitrogen and oxygen atoms in total. The van der Waals surface area contributed by atoms with Crippen molar-refractivity contribution in [3.05, 3.63) is 46.8 Å². The standard InChI is InChI=1S/C11H10ClFN4O/c1-6(10-14-5-15-17-10)16-11(18)7-2-3-8(12)9(13)4-7/h2-6H,1H3,(H,16,18)(H,14,15,17). The summed E-state index contributed by atoms with van der Waals surface area (Å²) >= 11 is 5.54. The summed E-state index contributed by atoms with van der Waals surface area (Å²) in [6.07, 6.45) is 1.35. The molecule has 0 saturated heterocycles. The Kier molecular flexibility index (Phi) is 3.57. The largest absolute Gasteiger partial charge is 0.342 e. The Labute approximate surface area is 107 Å². The van der Waals surface area contributed by atoms with Gasteiger partial charge < -0.3 is 5.32 Å². The molecule has 0 bridgehead atoms. The molecule has 1 heterocycles. The van der Waals surface area contributed by atoms with E-state index in [4.69, 9.17) is 11.6 Å². The first kappa shape index (κ1) is 12.5. The van der Waals surface area contributed by atoms with Crippen molar-refractivity contribution in [2.24, 2.45) is 0 Å². The average molecular weight is 269 g/mol. The van der Waals surface area contributed by atoms with Gasteiger partial charge in [0.15, 0.2) is 0 Å². The molecule has 1 unspecified atom stereocenters. The van der Waals surface area contributed by atoms with Crippen LogP contribution in [0.4, 0.5) is 4.39 Å². The summed E-state index contributed by atoms with van der Waals surface area (Å²) in [5.41, 5.74) is 0.197. The normalized spacial score (nSPS) is 12.2. The molecule has 0 radical (unpaired) electrons. The van der Waals surface area contributed by atoms with Crippen LogP contribution in [-0.4, -0.2) is 21.1 Å². The van der Waals surface area contributed by atoms with Gasteiger partial charge in [-0.3, -0.25) is 9.89 Å². The number of nitrogens with one attached hydrogen (secondary N) is 2. The van der Waals surface area contributed by atoms with Crippen molar-refractivity contribution in [2.75, 3.05) is 0 Å². The van der Waals surface area contributed by atoms with E-state index in [-0.39, 0.29) is 16.6 Å². The van der Waals surface area contributed by atoms with Gasteiger partial charge in [0.05, 0.1) is 11.1 Å². The third-order valence-corrected chi connectivity index (χ3v) is 2.68. The van der Waals surface area contributed by atoms with Crippen LogP contribution in [0, 0.1) is 5.82 Å². The van der Waals surface area contributed by atoms with E-state index in [1.807, 2.05) is 0 Å². The van der Waals surface area contributed by atoms with Crippen LogP contribution in [0.25, 0.3) is 0 Å². The number of benzene rings is 1. The fraction of sp³-hybridized carbons (Fsp3) is 0.182. The zero-order valence-electron chi connectivity index (χ0n) is 9.45. The van der Waals surface area contributed by atoms with E-state index in [9.17, 15) is 9.18 Å². The van der Waals surface area contributed by atoms with Gasteiger partial charge >= 0.3 is 0 Å². The highest BCUT2D eigenvalue weighted by Crippen LogP contribution is 2.16. The molecule has 0 fully saturated rings. The zero-order chi connectivity index (χ0) is 13.1. The minimum atomic E-state index is -0.628. The number of carbonyl (C=O) groups is 1. The van der Waals surface area contributed by atoms with Crippen LogP contribution in [0.3, 0.4) is 0 Å². The predicted octanol–water partition coefficient (Wildman–Crippen LogP) is 2.09. The van der Waals surface area contributed by atoms with Gasteiger partial charge in [0, 0.05) is 5.56 Å². The highest BCUT2D eigenvalue weighted by atomic mass is 35.5. The summed E-state index contributed by atoms with van der Waals surface area (Å²) in [5, 5.41) is 8.97. The molecule has 2 rings (SSSR count). The lowest BCUT2D eigenvalue weighted by atomic mass is 10.2. The third kappa shape index (κ3) is 2.65. The van der Waals surface area contributed by atoms with Crippen molar-refractivity contribution in [1.29, 1.82) is 0 Å². The summed E-state index contributed by atoms with van der Waals surface area (Å²) in [5.74, 6) is -0.510. The molecule has 0 aliphatic rings. The SMILES string of the molecule is CC(NC(=O)c1ccc(Cl)c(F)c1)c1ncn[nH]1. The molecule has 2 aromatic rings. The molecule has 7 heteroatoms. The molecule has 94 valence electrons. The Morgan fingerprint density at radius 3 is 2.94 bits per heavy atom. The minimum absolute atomic E-state index is 0.0187. The number of H-pyrrole nitrogens is 1. The molecule has 1 aromatic heterocycles. The maximum absolute atomic E-state index is 13.2. The second-order valence-electron chi connectivity index (χ2n) is 3.69. The lowest BCUT2D eigenvalue weighted by Gasteiger charge is -2.11. The third-order valence-electron chi connectivity index (χ3n) is 2.37. The molecule has 1 atom stereocenters. The lowest BCUT2D eigenvalue weighted by Crippen LogP contribution is -2.27. The van der Waals surface area contributed by atoms with Gasteiger partial charge in [-0.1, -0.05) is 11.6 Å². The number of aromatic amines is 1. The Hall–Kier alpha value is -1.95. The molecule has 0 spiro atoms. The van der Waals surface area contributed by atoms with Crippen molar-refractivity contribution >= 4 is 17.5 Å². The lowest BCUT2D eigenvalue weighted by molar-refractivity contribution is 0.0938. The van der Waals surface area contributed by atoms with E-state index in [1.54, 1.807) is 6.92 Å². The van der Waals surface area contributed by atoms with E-state index in [1.165, 1.54) is 18.5 Å². The van der Waals surface area contributed by atoms with Crippen molar-refractivity contribution in [1.82, 2.24) is 20.5 Å². The summed E-state index contributed by atoms with van der Waals surface area (Å²) in [7, 11) is 0. The molecular weight excluding hydrogens is 259 g/mol. The monoisotopic (exact) mass is 268 g/mol. The van der Waals surface area contributed by atoms with Crippen molar-refractivity contribution in [3.8, 4) is 0 Å². The quantitative estimate of drug-likeness (QED) is 0.895. The first-order valence-corrected chi connectivity index (χ1v) is 5.57. The Bertz CT molecular complexity index is 558. The van der Waals surface area contributed by atoms with Crippen LogP contribution in [0.15, 0.2) is 24.5 Å². The molecule has 0 aliphatic carbocycles. The van der Waals surface area contributed by atoms with Crippen LogP contribution < -0.4 is 5.32 Å². The number of hydrogen-bond donors (Lipinski definition) is 2. The van der Waals surface area contributed by atoms with E-state index in [0.29, 0.717) is 5.82 Å². The van der Waals surface area contributed by atoms with Gasteiger partial charge in [-0.15, -0.1) is 0 Å². The summed E-state index contributed by atoms with van der Waals surface area (Å²) < 4.78 is 13.2. The maximum Gasteiger partial charge on any atom is 0.251 e. The van der Waals surface area contributed by atoms with E-state index < -0.39 is 11.7 Å². The maximum atomic E-state index is 13.2. The molecule has 1 amide bonds. The predicted molar refractivity (Wildman–Crippen MR) is 63.7 cm³/mol. The Balaban J connectivity index is 2.10. The number of amides is 1. The number of rotatable bonds is 3. The fourth-order valence-corrected chi connectivity index (χ4v) is 1.53. The highest BCUT2D eigenvalue weighted by molar-refractivity contribution is 6.30. The van der Waals surface area contributed by atoms with Crippen LogP contribution >= 0.6 is 11.6 Å². The van der Waals surface area contributed by atoms with E-state index in [0.717, 1.165) is 6.07 Å². The number of nitrogens with zero attached hydrogens (tertiary/aromatic N) is 2. The molecule has 0 saturated carbocycles. The first-order valence-electron chi connectivity index (χ1n) is 5.19. The fourth-order valence-electron chi connectivity index (χ4n) is 1.41. The van der Waals surface area contributed by atoms with Crippen molar-refractivity contribution < 1.29 is 9.18 Å². The average Bonchev–Trinajstić information content (AvgIpc) is 2.86. The molecule has 18 heavy (non-hydrogen) atoms. The van der Waals surface area contributed by atoms with Gasteiger partial charge in [-0.25, -0.2) is 9.37 Å². The van der Waals surface area contributed by atoms with Crippen molar-refractivity contribution in [2.45, 2.75) is 13.0 Å². The molecular formula is C11H10ClFN4O. The number of hydrogen-bond acceptors (Lipinski definition) is 3. The smallest absolute Gasteiger partial charge is 0.251 e. The molecule has 0 aliphatic heterocycles. The highest BCUT2D eigenvalue weighted by Gasteiger charge is 2.14. The summed E-state index contributed by atoms with van der Waals surface area (Å²) in [6.45, 7) is 1.74. The van der Waals surface area contributed by atoms with Gasteiger partial charge in [0.1, 0.15) is 18.0 Å². The molecule has 1 aromatic carbocycles. The minimum Gasteiger partial charge on any atom is -0.342 e. The van der Waals surface area contributed by atoms with Crippen molar-refractivity contribution in [3.63, 3.8) is 0 Å². The molecule has 2 N–H and O–H groups in total. The topological polar surface area (TPSA) is 70.7 Å². The Morgan fingerprint density at radius 1 is 1.56 bits per heavy atom. The van der Waals surface area contributed by atoms with Gasteiger partial charge in [-0.05, 0) is 25.1 Å². The van der Waals surface area contributed by atoms with Gasteiger partial charge in [0.2, 0.25) is 0 Å². The first-order chi connectivity index (χ1) is 8.58. The van der Waals surface area contributed by atoms with E-state index >= 15 is 0 Å². The van der Waals surface area contributed by atoms with Crippen LogP contribution in [-0.2, 0) is 0 Å². The Morgan fingerprint density at radius 2 is 2.33 bits per heavy atom. The number of halogens is 2. The van der Waals surface area contributed by atoms with Gasteiger partial charge in [0.25, 0.3) is 5.91 Å². The van der Waals surface area contributed by atoms with Crippen LogP contribution in [0.5, 0.6) is 0 Å². The summed E-state index contributed by atoms with van der Waals surface area (Å²) in [6, 6.07) is 3.53. The number of carbonyl (C=O) groups excluding carboxylic acids is 1. The number of aromatic nitrogens is 3. The van der Waals surface area contributed by atoms with E-state index in [2.05, 4.69) is 20.5 Å². The van der Waals surface area contributed by atoms with Gasteiger partial charge in [-0.2, -0.15) is 5.10 Å². The summed E-state index contributed by atoms with van der Waals surface area (Å²) in [4.78, 5) is 15.7.